The van der Waals surface area contributed by atoms with Crippen molar-refractivity contribution in [2.24, 2.45) is 0 Å². The van der Waals surface area contributed by atoms with Crippen LogP contribution in [-0.4, -0.2) is 35.6 Å². The fourth-order valence-corrected chi connectivity index (χ4v) is 3.57. The van der Waals surface area contributed by atoms with E-state index in [1.807, 2.05) is 18.5 Å². The number of nitrogens with one attached hydrogen (secondary N) is 1. The smallest absolute Gasteiger partial charge is 0.225 e. The zero-order chi connectivity index (χ0) is 13.2. The Kier molecular flexibility index (Phi) is 3.81. The van der Waals surface area contributed by atoms with Gasteiger partial charge >= 0.3 is 0 Å². The lowest BCUT2D eigenvalue weighted by molar-refractivity contribution is 0.493. The van der Waals surface area contributed by atoms with Crippen LogP contribution >= 0.6 is 27.3 Å². The lowest BCUT2D eigenvalue weighted by Gasteiger charge is -2.33. The van der Waals surface area contributed by atoms with E-state index in [9.17, 15) is 0 Å². The van der Waals surface area contributed by atoms with Gasteiger partial charge in [-0.3, -0.25) is 0 Å². The van der Waals surface area contributed by atoms with E-state index in [1.54, 1.807) is 11.3 Å². The van der Waals surface area contributed by atoms with E-state index in [1.165, 1.54) is 4.88 Å². The van der Waals surface area contributed by atoms with E-state index in [-0.39, 0.29) is 0 Å². The van der Waals surface area contributed by atoms with Crippen molar-refractivity contribution in [3.63, 3.8) is 0 Å². The highest BCUT2D eigenvalue weighted by Crippen LogP contribution is 2.30. The number of aromatic nitrogens is 2. The molecule has 1 saturated heterocycles. The van der Waals surface area contributed by atoms with Gasteiger partial charge < -0.3 is 10.2 Å². The number of nitrogens with zero attached hydrogens (tertiary/aromatic N) is 3. The summed E-state index contributed by atoms with van der Waals surface area (Å²) in [6.45, 7) is 5.14. The van der Waals surface area contributed by atoms with Crippen LogP contribution in [0.15, 0.2) is 28.3 Å². The fourth-order valence-electron chi connectivity index (χ4n) is 2.20. The Labute approximate surface area is 125 Å². The Balaban J connectivity index is 1.82. The maximum atomic E-state index is 4.52. The first kappa shape index (κ1) is 13.0. The minimum absolute atomic E-state index is 0.440. The standard InChI is InChI=1S/C13H15BrN4S/c1-9-6-15-4-5-18(9)13-16-7-10(8-17-13)11-2-3-12(14)19-11/h2-3,7-9,15H,4-6H2,1H3. The van der Waals surface area contributed by atoms with Gasteiger partial charge in [-0.2, -0.15) is 0 Å². The molecular weight excluding hydrogens is 324 g/mol. The van der Waals surface area contributed by atoms with Crippen molar-refractivity contribution in [3.05, 3.63) is 28.3 Å². The summed E-state index contributed by atoms with van der Waals surface area (Å²) >= 11 is 5.17. The van der Waals surface area contributed by atoms with Crippen LogP contribution in [0.1, 0.15) is 6.92 Å². The molecule has 2 aromatic rings. The van der Waals surface area contributed by atoms with Crippen molar-refractivity contribution in [1.29, 1.82) is 0 Å². The zero-order valence-electron chi connectivity index (χ0n) is 10.6. The summed E-state index contributed by atoms with van der Waals surface area (Å²) < 4.78 is 1.13. The monoisotopic (exact) mass is 338 g/mol. The van der Waals surface area contributed by atoms with Crippen LogP contribution in [0.25, 0.3) is 10.4 Å². The molecule has 0 radical (unpaired) electrons. The Morgan fingerprint density at radius 1 is 1.37 bits per heavy atom. The predicted molar refractivity (Wildman–Crippen MR) is 82.7 cm³/mol. The number of thiophene rings is 1. The summed E-state index contributed by atoms with van der Waals surface area (Å²) in [6, 6.07) is 4.57. The first-order chi connectivity index (χ1) is 9.24. The minimum Gasteiger partial charge on any atom is -0.336 e. The average molecular weight is 339 g/mol. The van der Waals surface area contributed by atoms with Gasteiger partial charge in [0, 0.05) is 48.5 Å². The molecule has 19 heavy (non-hydrogen) atoms. The summed E-state index contributed by atoms with van der Waals surface area (Å²) in [5.41, 5.74) is 1.07. The Morgan fingerprint density at radius 2 is 2.16 bits per heavy atom. The lowest BCUT2D eigenvalue weighted by Crippen LogP contribution is -2.50. The van der Waals surface area contributed by atoms with E-state index >= 15 is 0 Å². The number of hydrogen-bond donors (Lipinski definition) is 1. The summed E-state index contributed by atoms with van der Waals surface area (Å²) in [6.07, 6.45) is 3.82. The molecule has 1 fully saturated rings. The molecule has 1 aliphatic rings. The molecular formula is C13H15BrN4S. The van der Waals surface area contributed by atoms with Crippen LogP contribution in [0, 0.1) is 0 Å². The first-order valence-electron chi connectivity index (χ1n) is 6.29. The van der Waals surface area contributed by atoms with Gasteiger partial charge in [0.05, 0.1) is 3.79 Å². The van der Waals surface area contributed by atoms with Crippen molar-refractivity contribution in [2.45, 2.75) is 13.0 Å². The quantitative estimate of drug-likeness (QED) is 0.914. The normalized spacial score (nSPS) is 19.7. The van der Waals surface area contributed by atoms with Gasteiger partial charge in [0.2, 0.25) is 5.95 Å². The molecule has 4 nitrogen and oxygen atoms in total. The first-order valence-corrected chi connectivity index (χ1v) is 7.90. The van der Waals surface area contributed by atoms with Crippen molar-refractivity contribution < 1.29 is 0 Å². The molecule has 0 amide bonds. The Bertz CT molecular complexity index is 554. The zero-order valence-corrected chi connectivity index (χ0v) is 13.0. The molecule has 1 aliphatic heterocycles. The second-order valence-corrected chi connectivity index (χ2v) is 7.09. The topological polar surface area (TPSA) is 41.0 Å². The minimum atomic E-state index is 0.440. The molecule has 6 heteroatoms. The maximum Gasteiger partial charge on any atom is 0.225 e. The van der Waals surface area contributed by atoms with Gasteiger partial charge in [0.15, 0.2) is 0 Å². The van der Waals surface area contributed by atoms with E-state index in [2.05, 4.69) is 49.1 Å². The van der Waals surface area contributed by atoms with Crippen molar-refractivity contribution >= 4 is 33.2 Å². The van der Waals surface area contributed by atoms with E-state index in [4.69, 9.17) is 0 Å². The van der Waals surface area contributed by atoms with Crippen LogP contribution in [0.2, 0.25) is 0 Å². The summed E-state index contributed by atoms with van der Waals surface area (Å²) in [7, 11) is 0. The lowest BCUT2D eigenvalue weighted by atomic mass is 10.2. The molecule has 3 rings (SSSR count). The SMILES string of the molecule is CC1CNCCN1c1ncc(-c2ccc(Br)s2)cn1. The van der Waals surface area contributed by atoms with Gasteiger partial charge in [-0.25, -0.2) is 9.97 Å². The molecule has 2 aromatic heterocycles. The second-order valence-electron chi connectivity index (χ2n) is 4.62. The van der Waals surface area contributed by atoms with Gasteiger partial charge in [-0.1, -0.05) is 0 Å². The number of piperazine rings is 1. The molecule has 0 aliphatic carbocycles. The number of anilines is 1. The number of halogens is 1. The summed E-state index contributed by atoms with van der Waals surface area (Å²) in [5, 5.41) is 3.37. The largest absolute Gasteiger partial charge is 0.336 e. The molecule has 0 saturated carbocycles. The van der Waals surface area contributed by atoms with Crippen molar-refractivity contribution in [3.8, 4) is 10.4 Å². The Morgan fingerprint density at radius 3 is 2.79 bits per heavy atom. The van der Waals surface area contributed by atoms with Crippen LogP contribution < -0.4 is 10.2 Å². The Hall–Kier alpha value is -0.980. The molecule has 1 atom stereocenters. The van der Waals surface area contributed by atoms with Crippen LogP contribution in [-0.2, 0) is 0 Å². The molecule has 0 spiro atoms. The van der Waals surface area contributed by atoms with E-state index in [0.717, 1.165) is 34.9 Å². The summed E-state index contributed by atoms with van der Waals surface area (Å²) in [4.78, 5) is 12.5. The average Bonchev–Trinajstić information content (AvgIpc) is 2.86. The van der Waals surface area contributed by atoms with Crippen LogP contribution in [0.4, 0.5) is 5.95 Å². The third-order valence-corrected chi connectivity index (χ3v) is 4.93. The van der Waals surface area contributed by atoms with Gasteiger partial charge in [-0.15, -0.1) is 11.3 Å². The fraction of sp³-hybridized carbons (Fsp3) is 0.385. The highest BCUT2D eigenvalue weighted by molar-refractivity contribution is 9.11. The van der Waals surface area contributed by atoms with Gasteiger partial charge in [0.1, 0.15) is 0 Å². The molecule has 0 aromatic carbocycles. The van der Waals surface area contributed by atoms with Gasteiger partial charge in [0.25, 0.3) is 0 Å². The molecule has 3 heterocycles. The third kappa shape index (κ3) is 2.80. The third-order valence-electron chi connectivity index (χ3n) is 3.25. The number of rotatable bonds is 2. The highest BCUT2D eigenvalue weighted by atomic mass is 79.9. The maximum absolute atomic E-state index is 4.52. The van der Waals surface area contributed by atoms with Crippen LogP contribution in [0.5, 0.6) is 0 Å². The summed E-state index contributed by atoms with van der Waals surface area (Å²) in [5.74, 6) is 0.827. The second kappa shape index (κ2) is 5.56. The predicted octanol–water partition coefficient (Wildman–Crippen LogP) is 2.77. The van der Waals surface area contributed by atoms with E-state index in [0.29, 0.717) is 6.04 Å². The van der Waals surface area contributed by atoms with Crippen LogP contribution in [0.3, 0.4) is 0 Å². The molecule has 1 N–H and O–H groups in total. The van der Waals surface area contributed by atoms with Gasteiger partial charge in [-0.05, 0) is 35.0 Å². The highest BCUT2D eigenvalue weighted by Gasteiger charge is 2.20. The molecule has 100 valence electrons. The van der Waals surface area contributed by atoms with Crippen molar-refractivity contribution in [2.75, 3.05) is 24.5 Å². The van der Waals surface area contributed by atoms with E-state index < -0.39 is 0 Å². The number of hydrogen-bond acceptors (Lipinski definition) is 5. The molecule has 0 bridgehead atoms. The molecule has 1 unspecified atom stereocenters. The van der Waals surface area contributed by atoms with Crippen molar-refractivity contribution in [1.82, 2.24) is 15.3 Å².